The summed E-state index contributed by atoms with van der Waals surface area (Å²) in [5, 5.41) is 8.81. The molecule has 0 bridgehead atoms. The summed E-state index contributed by atoms with van der Waals surface area (Å²) in [6.07, 6.45) is 5.50. The fraction of sp³-hybridized carbons (Fsp3) is 0.400. The molecular weight excluding hydrogens is 166 g/mol. The molecule has 0 aliphatic heterocycles. The van der Waals surface area contributed by atoms with Gasteiger partial charge in [-0.1, -0.05) is 50.8 Å². The van der Waals surface area contributed by atoms with E-state index < -0.39 is 4.92 Å². The summed E-state index contributed by atoms with van der Waals surface area (Å²) >= 11 is 0. The number of nitro groups is 1. The molecule has 13 heavy (non-hydrogen) atoms. The summed E-state index contributed by atoms with van der Waals surface area (Å²) in [6.45, 7) is 13.1. The van der Waals surface area contributed by atoms with Crippen LogP contribution in [0.5, 0.6) is 0 Å². The zero-order chi connectivity index (χ0) is 11.3. The summed E-state index contributed by atoms with van der Waals surface area (Å²) in [5.74, 6) is 0. The SMILES string of the molecule is C=C/C=C\C(=C)C.CC.C[N+](=O)[O-]. The highest BCUT2D eigenvalue weighted by Gasteiger charge is 1.65. The molecule has 0 saturated heterocycles. The van der Waals surface area contributed by atoms with Gasteiger partial charge in [0.05, 0.1) is 0 Å². The number of hydrogen-bond acceptors (Lipinski definition) is 2. The molecule has 0 radical (unpaired) electrons. The van der Waals surface area contributed by atoms with Crippen LogP contribution in [0.15, 0.2) is 37.0 Å². The van der Waals surface area contributed by atoms with Gasteiger partial charge in [-0.2, -0.15) is 0 Å². The molecule has 0 aromatic rings. The fourth-order valence-electron chi connectivity index (χ4n) is 0.232. The highest BCUT2D eigenvalue weighted by Crippen LogP contribution is 1.86. The van der Waals surface area contributed by atoms with Gasteiger partial charge in [0.15, 0.2) is 7.05 Å². The van der Waals surface area contributed by atoms with Crippen LogP contribution in [0, 0.1) is 10.1 Å². The van der Waals surface area contributed by atoms with Crippen LogP contribution in [0.4, 0.5) is 0 Å². The van der Waals surface area contributed by atoms with Crippen molar-refractivity contribution in [3.63, 3.8) is 0 Å². The first-order valence-corrected chi connectivity index (χ1v) is 4.03. The Morgan fingerprint density at radius 3 is 1.85 bits per heavy atom. The minimum absolute atomic E-state index is 0.500. The molecule has 0 atom stereocenters. The van der Waals surface area contributed by atoms with E-state index in [9.17, 15) is 0 Å². The highest BCUT2D eigenvalue weighted by molar-refractivity contribution is 5.15. The van der Waals surface area contributed by atoms with Crippen molar-refractivity contribution in [1.29, 1.82) is 0 Å². The summed E-state index contributed by atoms with van der Waals surface area (Å²) in [6, 6.07) is 0. The summed E-state index contributed by atoms with van der Waals surface area (Å²) in [5.41, 5.74) is 1.06. The topological polar surface area (TPSA) is 43.1 Å². The van der Waals surface area contributed by atoms with Crippen LogP contribution in [0.25, 0.3) is 0 Å². The zero-order valence-electron chi connectivity index (χ0n) is 8.91. The van der Waals surface area contributed by atoms with Gasteiger partial charge in [0.25, 0.3) is 0 Å². The third kappa shape index (κ3) is 115. The van der Waals surface area contributed by atoms with Crippen LogP contribution in [-0.2, 0) is 0 Å². The van der Waals surface area contributed by atoms with Crippen LogP contribution in [0.2, 0.25) is 0 Å². The lowest BCUT2D eigenvalue weighted by Gasteiger charge is -1.77. The van der Waals surface area contributed by atoms with E-state index in [0.29, 0.717) is 0 Å². The summed E-state index contributed by atoms with van der Waals surface area (Å²) < 4.78 is 0. The Bertz CT molecular complexity index is 168. The summed E-state index contributed by atoms with van der Waals surface area (Å²) in [4.78, 5) is 8.31. The molecule has 0 aromatic carbocycles. The molecule has 0 saturated carbocycles. The van der Waals surface area contributed by atoms with Crippen molar-refractivity contribution in [2.24, 2.45) is 0 Å². The lowest BCUT2D eigenvalue weighted by Crippen LogP contribution is -1.79. The molecule has 0 aliphatic rings. The van der Waals surface area contributed by atoms with Crippen LogP contribution in [-0.4, -0.2) is 12.0 Å². The Hall–Kier alpha value is -1.38. The third-order valence-electron chi connectivity index (χ3n) is 0.517. The normalized spacial score (nSPS) is 7.38. The van der Waals surface area contributed by atoms with Crippen molar-refractivity contribution in [2.75, 3.05) is 7.05 Å². The van der Waals surface area contributed by atoms with Crippen LogP contribution in [0.1, 0.15) is 20.8 Å². The van der Waals surface area contributed by atoms with Gasteiger partial charge in [-0.3, -0.25) is 10.1 Å². The number of nitrogens with zero attached hydrogens (tertiary/aromatic N) is 1. The van der Waals surface area contributed by atoms with Gasteiger partial charge in [-0.05, 0) is 6.92 Å². The molecule has 3 heteroatoms. The quantitative estimate of drug-likeness (QED) is 0.376. The van der Waals surface area contributed by atoms with E-state index in [4.69, 9.17) is 10.1 Å². The molecule has 0 spiro atoms. The number of rotatable bonds is 2. The van der Waals surface area contributed by atoms with E-state index in [-0.39, 0.29) is 0 Å². The van der Waals surface area contributed by atoms with E-state index in [2.05, 4.69) is 13.2 Å². The van der Waals surface area contributed by atoms with E-state index in [1.807, 2.05) is 32.9 Å². The second-order valence-electron chi connectivity index (χ2n) is 1.88. The molecule has 76 valence electrons. The Morgan fingerprint density at radius 1 is 1.46 bits per heavy atom. The van der Waals surface area contributed by atoms with E-state index in [1.165, 1.54) is 0 Å². The molecule has 0 unspecified atom stereocenters. The number of allylic oxidation sites excluding steroid dienone is 4. The Kier molecular flexibility index (Phi) is 23.0. The minimum atomic E-state index is -0.500. The maximum absolute atomic E-state index is 8.81. The van der Waals surface area contributed by atoms with Crippen molar-refractivity contribution >= 4 is 0 Å². The predicted octanol–water partition coefficient (Wildman–Crippen LogP) is 3.22. The molecule has 0 aliphatic carbocycles. The van der Waals surface area contributed by atoms with E-state index in [1.54, 1.807) is 6.08 Å². The average Bonchev–Trinajstić information content (AvgIpc) is 2.03. The van der Waals surface area contributed by atoms with Gasteiger partial charge in [0, 0.05) is 4.92 Å². The van der Waals surface area contributed by atoms with Crippen LogP contribution < -0.4 is 0 Å². The second-order valence-corrected chi connectivity index (χ2v) is 1.88. The second kappa shape index (κ2) is 16.9. The van der Waals surface area contributed by atoms with Gasteiger partial charge < -0.3 is 0 Å². The lowest BCUT2D eigenvalue weighted by atomic mass is 10.3. The van der Waals surface area contributed by atoms with E-state index in [0.717, 1.165) is 12.6 Å². The van der Waals surface area contributed by atoms with Crippen molar-refractivity contribution < 1.29 is 4.92 Å². The fourth-order valence-corrected chi connectivity index (χ4v) is 0.232. The van der Waals surface area contributed by atoms with Crippen molar-refractivity contribution in [3.05, 3.63) is 47.1 Å². The molecule has 0 aromatic heterocycles. The van der Waals surface area contributed by atoms with Gasteiger partial charge in [-0.25, -0.2) is 0 Å². The van der Waals surface area contributed by atoms with Gasteiger partial charge in [-0.15, -0.1) is 0 Å². The molecule has 0 rings (SSSR count). The molecule has 0 heterocycles. The maximum atomic E-state index is 8.81. The van der Waals surface area contributed by atoms with Gasteiger partial charge >= 0.3 is 0 Å². The predicted molar refractivity (Wildman–Crippen MR) is 58.4 cm³/mol. The van der Waals surface area contributed by atoms with Crippen molar-refractivity contribution in [2.45, 2.75) is 20.8 Å². The molecule has 0 fully saturated rings. The van der Waals surface area contributed by atoms with Gasteiger partial charge in [0.1, 0.15) is 0 Å². The Balaban J connectivity index is -0.000000142. The monoisotopic (exact) mass is 185 g/mol. The third-order valence-corrected chi connectivity index (χ3v) is 0.517. The standard InChI is InChI=1S/C7H10.C2H6.CH3NO2/c1-4-5-6-7(2)3;1-2;1-2(3)4/h4-6H,1-2H2,3H3;1-2H3;1H3/b6-5-;;. The minimum Gasteiger partial charge on any atom is -0.265 e. The maximum Gasteiger partial charge on any atom is 0.194 e. The highest BCUT2D eigenvalue weighted by atomic mass is 16.6. The number of hydrogen-bond donors (Lipinski definition) is 0. The summed E-state index contributed by atoms with van der Waals surface area (Å²) in [7, 11) is 0.889. The first-order chi connectivity index (χ1) is 6.00. The molecule has 0 amide bonds. The Labute approximate surface area is 80.6 Å². The molecule has 0 N–H and O–H groups in total. The van der Waals surface area contributed by atoms with Crippen molar-refractivity contribution in [1.82, 2.24) is 0 Å². The van der Waals surface area contributed by atoms with Crippen molar-refractivity contribution in [3.8, 4) is 0 Å². The van der Waals surface area contributed by atoms with Crippen LogP contribution >= 0.6 is 0 Å². The molecule has 3 nitrogen and oxygen atoms in total. The average molecular weight is 185 g/mol. The van der Waals surface area contributed by atoms with Gasteiger partial charge in [0.2, 0.25) is 0 Å². The first kappa shape index (κ1) is 17.6. The Morgan fingerprint density at radius 2 is 1.77 bits per heavy atom. The zero-order valence-corrected chi connectivity index (χ0v) is 8.91. The first-order valence-electron chi connectivity index (χ1n) is 4.03. The van der Waals surface area contributed by atoms with Crippen LogP contribution in [0.3, 0.4) is 0 Å². The molecular formula is C10H19NO2. The largest absolute Gasteiger partial charge is 0.265 e. The lowest BCUT2D eigenvalue weighted by molar-refractivity contribution is -0.445. The van der Waals surface area contributed by atoms with E-state index >= 15 is 0 Å². The smallest absolute Gasteiger partial charge is 0.194 e.